The summed E-state index contributed by atoms with van der Waals surface area (Å²) in [5.74, 6) is 1.40. The van der Waals surface area contributed by atoms with Crippen molar-refractivity contribution in [2.75, 3.05) is 19.5 Å². The highest BCUT2D eigenvalue weighted by atomic mass is 32.1. The lowest BCUT2D eigenvalue weighted by molar-refractivity contribution is 0.395. The quantitative estimate of drug-likeness (QED) is 0.797. The van der Waals surface area contributed by atoms with E-state index < -0.39 is 0 Å². The second-order valence-corrected chi connectivity index (χ2v) is 4.92. The van der Waals surface area contributed by atoms with Crippen molar-refractivity contribution in [3.05, 3.63) is 36.2 Å². The lowest BCUT2D eigenvalue weighted by Gasteiger charge is -2.14. The first-order chi connectivity index (χ1) is 10.7. The zero-order valence-electron chi connectivity index (χ0n) is 12.9. The predicted octanol–water partition coefficient (Wildman–Crippen LogP) is 2.41. The van der Waals surface area contributed by atoms with E-state index in [0.717, 1.165) is 23.7 Å². The van der Waals surface area contributed by atoms with E-state index in [9.17, 15) is 0 Å². The van der Waals surface area contributed by atoms with Gasteiger partial charge < -0.3 is 20.1 Å². The molecule has 0 saturated heterocycles. The number of thiocarbonyl (C=S) groups is 1. The zero-order chi connectivity index (χ0) is 15.9. The molecule has 22 heavy (non-hydrogen) atoms. The van der Waals surface area contributed by atoms with Gasteiger partial charge in [0.05, 0.1) is 32.1 Å². The number of ether oxygens (including phenoxy) is 2. The minimum absolute atomic E-state index is 0.521. The van der Waals surface area contributed by atoms with Crippen LogP contribution in [0.3, 0.4) is 0 Å². The molecule has 0 amide bonds. The third-order valence-corrected chi connectivity index (χ3v) is 3.44. The van der Waals surface area contributed by atoms with Gasteiger partial charge in [-0.15, -0.1) is 0 Å². The highest BCUT2D eigenvalue weighted by Crippen LogP contribution is 2.28. The summed E-state index contributed by atoms with van der Waals surface area (Å²) in [4.78, 5) is 0. The monoisotopic (exact) mass is 320 g/mol. The number of aryl methyl sites for hydroxylation is 1. The number of hydrogen-bond donors (Lipinski definition) is 2. The summed E-state index contributed by atoms with van der Waals surface area (Å²) in [6.07, 6.45) is 1.78. The normalized spacial score (nSPS) is 10.1. The number of rotatable bonds is 6. The van der Waals surface area contributed by atoms with E-state index in [2.05, 4.69) is 22.7 Å². The molecule has 1 aromatic heterocycles. The van der Waals surface area contributed by atoms with Gasteiger partial charge >= 0.3 is 0 Å². The highest BCUT2D eigenvalue weighted by Gasteiger charge is 2.07. The molecule has 7 heteroatoms. The van der Waals surface area contributed by atoms with Crippen molar-refractivity contribution >= 4 is 23.0 Å². The van der Waals surface area contributed by atoms with Crippen LogP contribution in [0.25, 0.3) is 0 Å². The zero-order valence-corrected chi connectivity index (χ0v) is 13.7. The molecule has 0 bridgehead atoms. The van der Waals surface area contributed by atoms with E-state index in [1.54, 1.807) is 26.5 Å². The third kappa shape index (κ3) is 3.88. The molecule has 0 saturated carbocycles. The number of anilines is 1. The molecule has 0 atom stereocenters. The molecule has 118 valence electrons. The highest BCUT2D eigenvalue weighted by molar-refractivity contribution is 7.80. The van der Waals surface area contributed by atoms with Crippen molar-refractivity contribution < 1.29 is 9.47 Å². The number of aromatic nitrogens is 2. The fraction of sp³-hybridized carbons (Fsp3) is 0.333. The molecule has 1 aromatic carbocycles. The SMILES string of the molecule is CCn1nccc1CNC(=S)Nc1ccc(OC)cc1OC. The molecule has 2 N–H and O–H groups in total. The minimum atomic E-state index is 0.521. The predicted molar refractivity (Wildman–Crippen MR) is 90.5 cm³/mol. The molecule has 0 aliphatic carbocycles. The van der Waals surface area contributed by atoms with Gasteiger partial charge in [-0.1, -0.05) is 0 Å². The van der Waals surface area contributed by atoms with E-state index in [1.165, 1.54) is 0 Å². The Labute approximate surface area is 135 Å². The van der Waals surface area contributed by atoms with Gasteiger partial charge in [0.15, 0.2) is 5.11 Å². The van der Waals surface area contributed by atoms with Gasteiger partial charge in [-0.3, -0.25) is 4.68 Å². The van der Waals surface area contributed by atoms with Gasteiger partial charge in [0.2, 0.25) is 0 Å². The molecule has 1 heterocycles. The summed E-state index contributed by atoms with van der Waals surface area (Å²) in [7, 11) is 3.22. The summed E-state index contributed by atoms with van der Waals surface area (Å²) in [6.45, 7) is 3.49. The van der Waals surface area contributed by atoms with Gasteiger partial charge in [-0.2, -0.15) is 5.10 Å². The Hall–Kier alpha value is -2.28. The number of benzene rings is 1. The summed E-state index contributed by atoms with van der Waals surface area (Å²) < 4.78 is 12.4. The Kier molecular flexibility index (Phi) is 5.60. The van der Waals surface area contributed by atoms with E-state index in [-0.39, 0.29) is 0 Å². The molecular weight excluding hydrogens is 300 g/mol. The van der Waals surface area contributed by atoms with Crippen LogP contribution in [-0.2, 0) is 13.1 Å². The van der Waals surface area contributed by atoms with Crippen molar-refractivity contribution in [2.24, 2.45) is 0 Å². The molecule has 6 nitrogen and oxygen atoms in total. The van der Waals surface area contributed by atoms with Crippen molar-refractivity contribution in [1.82, 2.24) is 15.1 Å². The molecule has 0 spiro atoms. The Morgan fingerprint density at radius 1 is 1.27 bits per heavy atom. The first kappa shape index (κ1) is 16.1. The van der Waals surface area contributed by atoms with Crippen molar-refractivity contribution in [1.29, 1.82) is 0 Å². The van der Waals surface area contributed by atoms with Crippen LogP contribution in [0.2, 0.25) is 0 Å². The summed E-state index contributed by atoms with van der Waals surface area (Å²) in [5, 5.41) is 11.0. The standard InChI is InChI=1S/C15H20N4O2S/c1-4-19-11(7-8-17-19)10-16-15(22)18-13-6-5-12(20-2)9-14(13)21-3/h5-9H,4,10H2,1-3H3,(H2,16,18,22). The smallest absolute Gasteiger partial charge is 0.171 e. The molecule has 0 unspecified atom stereocenters. The van der Waals surface area contributed by atoms with Crippen LogP contribution in [0.15, 0.2) is 30.5 Å². The Bertz CT molecular complexity index is 642. The maximum atomic E-state index is 5.33. The van der Waals surface area contributed by atoms with Gasteiger partial charge in [-0.25, -0.2) is 0 Å². The largest absolute Gasteiger partial charge is 0.497 e. The van der Waals surface area contributed by atoms with Crippen LogP contribution in [0.4, 0.5) is 5.69 Å². The number of hydrogen-bond acceptors (Lipinski definition) is 4. The fourth-order valence-corrected chi connectivity index (χ4v) is 2.22. The van der Waals surface area contributed by atoms with E-state index >= 15 is 0 Å². The van der Waals surface area contributed by atoms with E-state index in [4.69, 9.17) is 21.7 Å². The van der Waals surface area contributed by atoms with Gasteiger partial charge in [0.25, 0.3) is 0 Å². The van der Waals surface area contributed by atoms with Crippen LogP contribution in [0.1, 0.15) is 12.6 Å². The van der Waals surface area contributed by atoms with Crippen molar-refractivity contribution in [3.8, 4) is 11.5 Å². The van der Waals surface area contributed by atoms with Crippen LogP contribution in [0, 0.1) is 0 Å². The lowest BCUT2D eigenvalue weighted by atomic mass is 10.2. The van der Waals surface area contributed by atoms with Gasteiger partial charge in [0.1, 0.15) is 11.5 Å². The first-order valence-corrected chi connectivity index (χ1v) is 7.36. The van der Waals surface area contributed by atoms with Crippen LogP contribution >= 0.6 is 12.2 Å². The lowest BCUT2D eigenvalue weighted by Crippen LogP contribution is -2.29. The molecular formula is C15H20N4O2S. The maximum absolute atomic E-state index is 5.33. The molecule has 0 fully saturated rings. The average Bonchev–Trinajstić information content (AvgIpc) is 3.00. The Balaban J connectivity index is 1.97. The van der Waals surface area contributed by atoms with Gasteiger partial charge in [-0.05, 0) is 37.3 Å². The van der Waals surface area contributed by atoms with Crippen molar-refractivity contribution in [3.63, 3.8) is 0 Å². The first-order valence-electron chi connectivity index (χ1n) is 6.95. The average molecular weight is 320 g/mol. The van der Waals surface area contributed by atoms with Crippen molar-refractivity contribution in [2.45, 2.75) is 20.0 Å². The number of nitrogens with zero attached hydrogens (tertiary/aromatic N) is 2. The van der Waals surface area contributed by atoms with Gasteiger partial charge in [0, 0.05) is 18.8 Å². The summed E-state index contributed by atoms with van der Waals surface area (Å²) in [6, 6.07) is 7.48. The van der Waals surface area contributed by atoms with Crippen LogP contribution < -0.4 is 20.1 Å². The summed E-state index contributed by atoms with van der Waals surface area (Å²) >= 11 is 5.32. The molecule has 2 aromatic rings. The topological polar surface area (TPSA) is 60.3 Å². The molecule has 0 radical (unpaired) electrons. The molecule has 0 aliphatic rings. The van der Waals surface area contributed by atoms with Crippen LogP contribution in [-0.4, -0.2) is 29.1 Å². The Morgan fingerprint density at radius 2 is 2.09 bits per heavy atom. The third-order valence-electron chi connectivity index (χ3n) is 3.19. The maximum Gasteiger partial charge on any atom is 0.171 e. The van der Waals surface area contributed by atoms with Crippen LogP contribution in [0.5, 0.6) is 11.5 Å². The second kappa shape index (κ2) is 7.65. The molecule has 0 aliphatic heterocycles. The molecule has 2 rings (SSSR count). The fourth-order valence-electron chi connectivity index (χ4n) is 2.03. The number of methoxy groups -OCH3 is 2. The second-order valence-electron chi connectivity index (χ2n) is 4.51. The Morgan fingerprint density at radius 3 is 2.77 bits per heavy atom. The minimum Gasteiger partial charge on any atom is -0.497 e. The van der Waals surface area contributed by atoms with E-state index in [0.29, 0.717) is 17.4 Å². The van der Waals surface area contributed by atoms with E-state index in [1.807, 2.05) is 22.9 Å². The number of nitrogens with one attached hydrogen (secondary N) is 2. The summed E-state index contributed by atoms with van der Waals surface area (Å²) in [5.41, 5.74) is 1.86.